The van der Waals surface area contributed by atoms with Gasteiger partial charge in [-0.25, -0.2) is 0 Å². The smallest absolute Gasteiger partial charge is 0.0927 e. The van der Waals surface area contributed by atoms with Gasteiger partial charge in [0.05, 0.1) is 25.8 Å². The van der Waals surface area contributed by atoms with E-state index in [1.807, 2.05) is 0 Å². The van der Waals surface area contributed by atoms with Gasteiger partial charge >= 0.3 is 0 Å². The van der Waals surface area contributed by atoms with Crippen LogP contribution in [0, 0.1) is 5.41 Å². The Morgan fingerprint density at radius 2 is 1.83 bits per heavy atom. The fraction of sp³-hybridized carbons (Fsp3) is 0.857. The van der Waals surface area contributed by atoms with Crippen LogP contribution in [0.3, 0.4) is 0 Å². The highest BCUT2D eigenvalue weighted by atomic mass is 33.0. The quantitative estimate of drug-likeness (QED) is 0.279. The molecule has 23 heavy (non-hydrogen) atoms. The van der Waals surface area contributed by atoms with Gasteiger partial charge in [-0.15, -0.1) is 35.7 Å². The molecular weight excluding hydrogens is 417 g/mol. The molecule has 0 aliphatic carbocycles. The first kappa shape index (κ1) is 23.7. The third-order valence-corrected chi connectivity index (χ3v) is 26.3. The molecule has 136 valence electrons. The van der Waals surface area contributed by atoms with Crippen LogP contribution in [0.1, 0.15) is 53.4 Å². The fourth-order valence-corrected chi connectivity index (χ4v) is 35.5. The van der Waals surface area contributed by atoms with Crippen LogP contribution < -0.4 is 0 Å². The van der Waals surface area contributed by atoms with Crippen LogP contribution >= 0.6 is 57.2 Å². The van der Waals surface area contributed by atoms with Gasteiger partial charge < -0.3 is 9.26 Å². The number of hydrogen-bond acceptors (Lipinski definition) is 2. The van der Waals surface area contributed by atoms with Gasteiger partial charge in [-0.2, -0.15) is 0 Å². The summed E-state index contributed by atoms with van der Waals surface area (Å²) in [5.74, 6) is 0. The lowest BCUT2D eigenvalue weighted by Gasteiger charge is -2.31. The first-order valence-electron chi connectivity index (χ1n) is 7.94. The molecule has 1 rings (SSSR count). The summed E-state index contributed by atoms with van der Waals surface area (Å²) in [5, 5.41) is 0. The molecule has 0 radical (unpaired) electrons. The Balaban J connectivity index is 2.64. The van der Waals surface area contributed by atoms with E-state index >= 15 is 0 Å². The highest BCUT2D eigenvalue weighted by Crippen LogP contribution is 2.97. The van der Waals surface area contributed by atoms with E-state index in [4.69, 9.17) is 9.26 Å². The van der Waals surface area contributed by atoms with Crippen molar-refractivity contribution in [3.05, 3.63) is 12.2 Å². The van der Waals surface area contributed by atoms with Crippen molar-refractivity contribution in [1.29, 1.82) is 0 Å². The van der Waals surface area contributed by atoms with E-state index < -0.39 is 7.53 Å². The van der Waals surface area contributed by atoms with Gasteiger partial charge in [-0.1, -0.05) is 34.3 Å². The lowest BCUT2D eigenvalue weighted by molar-refractivity contribution is -0.0211. The molecule has 0 spiro atoms. The molecule has 0 bridgehead atoms. The van der Waals surface area contributed by atoms with E-state index in [9.17, 15) is 0 Å². The molecule has 0 aromatic rings. The van der Waals surface area contributed by atoms with Crippen LogP contribution in [-0.4, -0.2) is 18.3 Å². The largest absolute Gasteiger partial charge is 0.368 e. The topological polar surface area (TPSA) is 18.5 Å². The van der Waals surface area contributed by atoms with Crippen LogP contribution in [0.15, 0.2) is 12.2 Å². The summed E-state index contributed by atoms with van der Waals surface area (Å²) in [7, 11) is 11.3. The van der Waals surface area contributed by atoms with E-state index in [0.717, 1.165) is 19.3 Å². The molecule has 1 aliphatic rings. The van der Waals surface area contributed by atoms with E-state index in [-0.39, 0.29) is 32.3 Å². The zero-order chi connectivity index (χ0) is 17.8. The average molecular weight is 450 g/mol. The van der Waals surface area contributed by atoms with Crippen LogP contribution in [-0.2, 0) is 9.26 Å². The molecule has 1 aliphatic heterocycles. The Morgan fingerprint density at radius 3 is 2.26 bits per heavy atom. The van der Waals surface area contributed by atoms with E-state index in [2.05, 4.69) is 70.0 Å². The summed E-state index contributed by atoms with van der Waals surface area (Å²) in [4.78, 5) is 0. The van der Waals surface area contributed by atoms with Crippen molar-refractivity contribution in [2.45, 2.75) is 71.7 Å². The van der Waals surface area contributed by atoms with Gasteiger partial charge in [0.1, 0.15) is 0 Å². The molecule has 1 saturated heterocycles. The molecule has 0 aromatic carbocycles. The number of rotatable bonds is 8. The van der Waals surface area contributed by atoms with Crippen molar-refractivity contribution in [2.24, 2.45) is 5.41 Å². The van der Waals surface area contributed by atoms with Gasteiger partial charge in [0.25, 0.3) is 0 Å². The minimum absolute atomic E-state index is 0.178. The Hall–Kier alpha value is 2.67. The predicted octanol–water partition coefficient (Wildman–Crippen LogP) is 7.67. The molecule has 1 heterocycles. The average Bonchev–Trinajstić information content (AvgIpc) is 2.77. The summed E-state index contributed by atoms with van der Waals surface area (Å²) in [5.41, 5.74) is 1.60. The summed E-state index contributed by atoms with van der Waals surface area (Å²) in [6.07, 6.45) is 4.77. The Morgan fingerprint density at radius 1 is 1.26 bits per heavy atom. The van der Waals surface area contributed by atoms with Gasteiger partial charge in [0.15, 0.2) is 0 Å². The molecular formula is C14H33O2P7. The van der Waals surface area contributed by atoms with Crippen LogP contribution in [0.2, 0.25) is 0 Å². The monoisotopic (exact) mass is 450 g/mol. The molecule has 0 aromatic heterocycles. The molecule has 7 atom stereocenters. The maximum absolute atomic E-state index is 6.52. The third-order valence-electron chi connectivity index (χ3n) is 3.86. The van der Waals surface area contributed by atoms with Crippen molar-refractivity contribution < 1.29 is 9.26 Å². The SMILES string of the molecule is C=C1C[C@H](C(CC)OP(P(P)P)P(P)P)OC1CCC(C)(C)C. The second-order valence-electron chi connectivity index (χ2n) is 7.19. The van der Waals surface area contributed by atoms with Crippen LogP contribution in [0.25, 0.3) is 0 Å². The zero-order valence-electron chi connectivity index (χ0n) is 14.7. The lowest BCUT2D eigenvalue weighted by Crippen LogP contribution is -2.27. The highest BCUT2D eigenvalue weighted by Gasteiger charge is 2.36. The van der Waals surface area contributed by atoms with Crippen LogP contribution in [0.4, 0.5) is 0 Å². The van der Waals surface area contributed by atoms with Crippen molar-refractivity contribution in [2.75, 3.05) is 0 Å². The van der Waals surface area contributed by atoms with Crippen molar-refractivity contribution in [3.63, 3.8) is 0 Å². The minimum atomic E-state index is -0.423. The first-order valence-corrected chi connectivity index (χ1v) is 19.8. The van der Waals surface area contributed by atoms with E-state index in [0.29, 0.717) is 5.41 Å². The maximum atomic E-state index is 6.52. The fourth-order valence-electron chi connectivity index (χ4n) is 2.56. The Kier molecular flexibility index (Phi) is 11.2. The summed E-state index contributed by atoms with van der Waals surface area (Å²) in [6.45, 7) is 12.9. The minimum Gasteiger partial charge on any atom is -0.368 e. The molecule has 1 fully saturated rings. The van der Waals surface area contributed by atoms with Gasteiger partial charge in [0, 0.05) is 0 Å². The predicted molar refractivity (Wildman–Crippen MR) is 126 cm³/mol. The summed E-state index contributed by atoms with van der Waals surface area (Å²) in [6, 6.07) is 0. The van der Waals surface area contributed by atoms with E-state index in [1.165, 1.54) is 12.0 Å². The Labute approximate surface area is 155 Å². The summed E-state index contributed by atoms with van der Waals surface area (Å²) < 4.78 is 12.9. The lowest BCUT2D eigenvalue weighted by atomic mass is 9.88. The second kappa shape index (κ2) is 10.9. The zero-order valence-corrected chi connectivity index (χ0v) is 22.0. The van der Waals surface area contributed by atoms with Crippen molar-refractivity contribution in [1.82, 2.24) is 0 Å². The summed E-state index contributed by atoms with van der Waals surface area (Å²) >= 11 is 0. The first-order chi connectivity index (χ1) is 10.5. The highest BCUT2D eigenvalue weighted by molar-refractivity contribution is 8.96. The van der Waals surface area contributed by atoms with E-state index in [1.54, 1.807) is 0 Å². The van der Waals surface area contributed by atoms with Crippen LogP contribution in [0.5, 0.6) is 0 Å². The standard InChI is InChI=1S/C14H33O2P7/c1-6-11(16-21(22(17)18)23(19)20)13-9-10(2)12(15-13)7-8-14(3,4)5/h11-13H,2,6-9,17-20H2,1,3-5H3/t11?,12?,13-/m1/s1. The molecule has 2 nitrogen and oxygen atoms in total. The Bertz CT molecular complexity index is 376. The second-order valence-corrected chi connectivity index (χ2v) is 30.8. The molecule has 0 N–H and O–H groups in total. The normalized spacial score (nSPS) is 24.2. The molecule has 9 heteroatoms. The van der Waals surface area contributed by atoms with Crippen molar-refractivity contribution >= 4 is 57.2 Å². The third kappa shape index (κ3) is 8.48. The number of hydrogen-bond donors (Lipinski definition) is 0. The molecule has 0 amide bonds. The number of ether oxygens (including phenoxy) is 1. The van der Waals surface area contributed by atoms with Gasteiger partial charge in [-0.05, 0) is 50.6 Å². The van der Waals surface area contributed by atoms with Gasteiger partial charge in [0.2, 0.25) is 0 Å². The van der Waals surface area contributed by atoms with Gasteiger partial charge in [-0.3, -0.25) is 0 Å². The maximum Gasteiger partial charge on any atom is 0.0927 e. The molecule has 0 saturated carbocycles. The molecule has 6 unspecified atom stereocenters. The van der Waals surface area contributed by atoms with Crippen molar-refractivity contribution in [3.8, 4) is 0 Å².